The first kappa shape index (κ1) is 22.8. The second-order valence-electron chi connectivity index (χ2n) is 6.65. The Morgan fingerprint density at radius 1 is 1.29 bits per heavy atom. The molecule has 1 heterocycles. The number of hydrogen-bond acceptors (Lipinski definition) is 6. The molecule has 0 unspecified atom stereocenters. The summed E-state index contributed by atoms with van der Waals surface area (Å²) in [6, 6.07) is 10.4. The van der Waals surface area contributed by atoms with Crippen molar-refractivity contribution in [3.63, 3.8) is 0 Å². The minimum absolute atomic E-state index is 0.0328. The lowest BCUT2D eigenvalue weighted by atomic mass is 10.2. The van der Waals surface area contributed by atoms with Crippen LogP contribution in [0.1, 0.15) is 25.3 Å². The van der Waals surface area contributed by atoms with E-state index in [2.05, 4.69) is 5.32 Å². The van der Waals surface area contributed by atoms with Crippen LogP contribution in [0.5, 0.6) is 11.5 Å². The molecule has 2 N–H and O–H groups in total. The van der Waals surface area contributed by atoms with Crippen molar-refractivity contribution >= 4 is 51.9 Å². The lowest BCUT2D eigenvalue weighted by Crippen LogP contribution is -2.29. The van der Waals surface area contributed by atoms with E-state index in [-0.39, 0.29) is 29.8 Å². The topological polar surface area (TPSA) is 78.9 Å². The molecule has 1 saturated heterocycles. The van der Waals surface area contributed by atoms with E-state index >= 15 is 0 Å². The fraction of sp³-hybridized carbons (Fsp3) is 0.227. The highest BCUT2D eigenvalue weighted by molar-refractivity contribution is 8.26. The number of phenols is 1. The molecule has 1 aliphatic heterocycles. The molecule has 31 heavy (non-hydrogen) atoms. The number of hydrogen-bond donors (Lipinski definition) is 2. The molecule has 9 heteroatoms. The molecule has 0 atom stereocenters. The Bertz CT molecular complexity index is 1020. The Hall–Kier alpha value is -2.91. The number of phenolic OH excluding ortho intramolecular Hbond substituents is 1. The molecule has 2 aromatic carbocycles. The van der Waals surface area contributed by atoms with Crippen molar-refractivity contribution in [2.45, 2.75) is 19.8 Å². The number of nitrogens with zero attached hydrogens (tertiary/aromatic N) is 1. The summed E-state index contributed by atoms with van der Waals surface area (Å²) in [6.45, 7) is 2.55. The number of carbonyl (C=O) groups excluding carboxylic acids is 2. The number of aromatic hydroxyl groups is 1. The summed E-state index contributed by atoms with van der Waals surface area (Å²) >= 11 is 6.51. The van der Waals surface area contributed by atoms with Crippen molar-refractivity contribution in [3.8, 4) is 11.5 Å². The van der Waals surface area contributed by atoms with Crippen LogP contribution < -0.4 is 10.1 Å². The molecule has 2 aromatic rings. The van der Waals surface area contributed by atoms with Crippen molar-refractivity contribution < 1.29 is 23.8 Å². The van der Waals surface area contributed by atoms with Gasteiger partial charge in [0.15, 0.2) is 11.5 Å². The zero-order valence-corrected chi connectivity index (χ0v) is 18.4. The summed E-state index contributed by atoms with van der Waals surface area (Å²) < 4.78 is 18.7. The fourth-order valence-corrected chi connectivity index (χ4v) is 4.20. The SMILES string of the molecule is CCOc1cc(/C=C2\SC(=S)N(CCCC(=O)Nc3ccc(F)cc3)C2=O)ccc1O. The standard InChI is InChI=1S/C22H21FN2O4S2/c1-2-29-18-12-14(5-10-17(18)26)13-19-21(28)25(22(30)31-19)11-3-4-20(27)24-16-8-6-15(23)7-9-16/h5-10,12-13,26H,2-4,11H2,1H3,(H,24,27)/b19-13-. The third kappa shape index (κ3) is 6.05. The number of halogens is 1. The molecule has 0 spiro atoms. The summed E-state index contributed by atoms with van der Waals surface area (Å²) in [5, 5.41) is 12.5. The number of nitrogens with one attached hydrogen (secondary N) is 1. The monoisotopic (exact) mass is 460 g/mol. The van der Waals surface area contributed by atoms with Gasteiger partial charge in [0.1, 0.15) is 10.1 Å². The molecule has 0 aromatic heterocycles. The van der Waals surface area contributed by atoms with Gasteiger partial charge in [0.2, 0.25) is 5.91 Å². The van der Waals surface area contributed by atoms with Gasteiger partial charge in [0.05, 0.1) is 11.5 Å². The third-order valence-electron chi connectivity index (χ3n) is 4.37. The van der Waals surface area contributed by atoms with E-state index in [1.807, 2.05) is 6.92 Å². The van der Waals surface area contributed by atoms with E-state index in [0.717, 1.165) is 0 Å². The van der Waals surface area contributed by atoms with Gasteiger partial charge in [-0.05, 0) is 61.4 Å². The molecule has 0 bridgehead atoms. The lowest BCUT2D eigenvalue weighted by Gasteiger charge is -2.14. The molecule has 0 radical (unpaired) electrons. The van der Waals surface area contributed by atoms with E-state index in [0.29, 0.717) is 45.8 Å². The molecule has 0 saturated carbocycles. The van der Waals surface area contributed by atoms with Gasteiger partial charge in [-0.1, -0.05) is 30.0 Å². The Labute approximate surface area is 189 Å². The number of rotatable bonds is 8. The predicted molar refractivity (Wildman–Crippen MR) is 123 cm³/mol. The van der Waals surface area contributed by atoms with Gasteiger partial charge in [0, 0.05) is 18.7 Å². The van der Waals surface area contributed by atoms with Crippen LogP contribution in [-0.4, -0.2) is 39.3 Å². The maximum Gasteiger partial charge on any atom is 0.266 e. The highest BCUT2D eigenvalue weighted by Gasteiger charge is 2.31. The van der Waals surface area contributed by atoms with Crippen molar-refractivity contribution in [2.24, 2.45) is 0 Å². The number of benzene rings is 2. The lowest BCUT2D eigenvalue weighted by molar-refractivity contribution is -0.122. The van der Waals surface area contributed by atoms with Crippen LogP contribution in [-0.2, 0) is 9.59 Å². The highest BCUT2D eigenvalue weighted by atomic mass is 32.2. The minimum Gasteiger partial charge on any atom is -0.504 e. The van der Waals surface area contributed by atoms with Crippen LogP contribution in [0.3, 0.4) is 0 Å². The molecule has 2 amide bonds. The van der Waals surface area contributed by atoms with Gasteiger partial charge in [-0.25, -0.2) is 4.39 Å². The highest BCUT2D eigenvalue weighted by Crippen LogP contribution is 2.34. The second-order valence-corrected chi connectivity index (χ2v) is 8.33. The Morgan fingerprint density at radius 3 is 2.74 bits per heavy atom. The number of carbonyl (C=O) groups is 2. The smallest absolute Gasteiger partial charge is 0.266 e. The van der Waals surface area contributed by atoms with Crippen LogP contribution in [0.25, 0.3) is 6.08 Å². The largest absolute Gasteiger partial charge is 0.504 e. The van der Waals surface area contributed by atoms with Gasteiger partial charge in [0.25, 0.3) is 5.91 Å². The number of ether oxygens (including phenoxy) is 1. The normalized spacial score (nSPS) is 14.9. The first-order valence-corrected chi connectivity index (χ1v) is 10.9. The zero-order valence-electron chi connectivity index (χ0n) is 16.8. The molecule has 3 rings (SSSR count). The van der Waals surface area contributed by atoms with Crippen LogP contribution >= 0.6 is 24.0 Å². The summed E-state index contributed by atoms with van der Waals surface area (Å²) in [6.07, 6.45) is 2.33. The van der Waals surface area contributed by atoms with E-state index in [9.17, 15) is 19.1 Å². The average molecular weight is 461 g/mol. The predicted octanol–water partition coefficient (Wildman–Crippen LogP) is 4.55. The molecule has 162 valence electrons. The van der Waals surface area contributed by atoms with Gasteiger partial charge >= 0.3 is 0 Å². The Balaban J connectivity index is 1.56. The first-order chi connectivity index (χ1) is 14.9. The maximum absolute atomic E-state index is 12.9. The number of thiocarbonyl (C=S) groups is 1. The second kappa shape index (κ2) is 10.4. The number of anilines is 1. The molecular weight excluding hydrogens is 439 g/mol. The molecule has 0 aliphatic carbocycles. The quantitative estimate of drug-likeness (QED) is 0.445. The molecule has 1 fully saturated rings. The fourth-order valence-electron chi connectivity index (χ4n) is 2.89. The average Bonchev–Trinajstić information content (AvgIpc) is 2.99. The van der Waals surface area contributed by atoms with Crippen LogP contribution in [0.2, 0.25) is 0 Å². The Kier molecular flexibility index (Phi) is 7.64. The van der Waals surface area contributed by atoms with Gasteiger partial charge in [-0.15, -0.1) is 0 Å². The maximum atomic E-state index is 12.9. The summed E-state index contributed by atoms with van der Waals surface area (Å²) in [7, 11) is 0. The van der Waals surface area contributed by atoms with Crippen molar-refractivity contribution in [1.29, 1.82) is 0 Å². The summed E-state index contributed by atoms with van der Waals surface area (Å²) in [5.74, 6) is -0.439. The van der Waals surface area contributed by atoms with Crippen molar-refractivity contribution in [1.82, 2.24) is 4.90 Å². The van der Waals surface area contributed by atoms with Crippen LogP contribution in [0, 0.1) is 5.82 Å². The summed E-state index contributed by atoms with van der Waals surface area (Å²) in [4.78, 5) is 26.7. The summed E-state index contributed by atoms with van der Waals surface area (Å²) in [5.41, 5.74) is 1.22. The first-order valence-electron chi connectivity index (χ1n) is 9.64. The van der Waals surface area contributed by atoms with Gasteiger partial charge in [-0.3, -0.25) is 14.5 Å². The van der Waals surface area contributed by atoms with Crippen LogP contribution in [0.4, 0.5) is 10.1 Å². The van der Waals surface area contributed by atoms with Crippen molar-refractivity contribution in [3.05, 3.63) is 58.8 Å². The van der Waals surface area contributed by atoms with E-state index in [4.69, 9.17) is 17.0 Å². The molecule has 1 aliphatic rings. The molecule has 6 nitrogen and oxygen atoms in total. The third-order valence-corrected chi connectivity index (χ3v) is 5.75. The van der Waals surface area contributed by atoms with Gasteiger partial charge in [-0.2, -0.15) is 0 Å². The van der Waals surface area contributed by atoms with E-state index in [1.54, 1.807) is 18.2 Å². The van der Waals surface area contributed by atoms with E-state index in [1.165, 1.54) is 47.0 Å². The zero-order chi connectivity index (χ0) is 22.4. The Morgan fingerprint density at radius 2 is 2.03 bits per heavy atom. The van der Waals surface area contributed by atoms with Crippen LogP contribution in [0.15, 0.2) is 47.4 Å². The van der Waals surface area contributed by atoms with Crippen molar-refractivity contribution in [2.75, 3.05) is 18.5 Å². The molecular formula is C22H21FN2O4S2. The minimum atomic E-state index is -0.373. The van der Waals surface area contributed by atoms with Gasteiger partial charge < -0.3 is 15.2 Å². The number of thioether (sulfide) groups is 1. The number of amides is 2. The van der Waals surface area contributed by atoms with E-state index < -0.39 is 0 Å².